The molecule has 2 nitrogen and oxygen atoms in total. The zero-order valence-corrected chi connectivity index (χ0v) is 13.8. The molecule has 0 spiro atoms. The van der Waals surface area contributed by atoms with Gasteiger partial charge in [0.1, 0.15) is 5.82 Å². The zero-order valence-electron chi connectivity index (χ0n) is 12.2. The maximum Gasteiger partial charge on any atom is 0.127 e. The van der Waals surface area contributed by atoms with Crippen molar-refractivity contribution in [1.82, 2.24) is 5.32 Å². The molecule has 20 heavy (non-hydrogen) atoms. The lowest BCUT2D eigenvalue weighted by molar-refractivity contribution is -0.0981. The van der Waals surface area contributed by atoms with E-state index >= 15 is 0 Å². The second-order valence-electron chi connectivity index (χ2n) is 5.57. The van der Waals surface area contributed by atoms with Gasteiger partial charge in [-0.25, -0.2) is 4.39 Å². The molecular formula is C16H23BrFNO. The molecule has 1 saturated carbocycles. The van der Waals surface area contributed by atoms with Gasteiger partial charge in [0.25, 0.3) is 0 Å². The third kappa shape index (κ3) is 3.41. The van der Waals surface area contributed by atoms with E-state index in [0.717, 1.165) is 35.8 Å². The van der Waals surface area contributed by atoms with Crippen molar-refractivity contribution in [1.29, 1.82) is 0 Å². The van der Waals surface area contributed by atoms with Crippen molar-refractivity contribution in [3.05, 3.63) is 34.1 Å². The van der Waals surface area contributed by atoms with E-state index in [-0.39, 0.29) is 17.5 Å². The number of ether oxygens (including phenoxy) is 1. The third-order valence-electron chi connectivity index (χ3n) is 4.32. The van der Waals surface area contributed by atoms with Gasteiger partial charge in [-0.05, 0) is 56.3 Å². The van der Waals surface area contributed by atoms with Gasteiger partial charge in [-0.1, -0.05) is 28.9 Å². The van der Waals surface area contributed by atoms with E-state index in [0.29, 0.717) is 6.42 Å². The topological polar surface area (TPSA) is 21.3 Å². The molecular weight excluding hydrogens is 321 g/mol. The first-order valence-corrected chi connectivity index (χ1v) is 8.13. The van der Waals surface area contributed by atoms with Crippen molar-refractivity contribution in [2.45, 2.75) is 50.7 Å². The van der Waals surface area contributed by atoms with Crippen LogP contribution in [0.3, 0.4) is 0 Å². The molecule has 0 aliphatic heterocycles. The van der Waals surface area contributed by atoms with Gasteiger partial charge in [-0.2, -0.15) is 0 Å². The summed E-state index contributed by atoms with van der Waals surface area (Å²) in [6.07, 6.45) is 5.05. The fourth-order valence-electron chi connectivity index (χ4n) is 2.89. The maximum atomic E-state index is 14.0. The predicted octanol–water partition coefficient (Wildman–Crippen LogP) is 4.07. The van der Waals surface area contributed by atoms with E-state index in [2.05, 4.69) is 28.2 Å². The van der Waals surface area contributed by atoms with Crippen LogP contribution >= 0.6 is 15.9 Å². The molecule has 1 aliphatic rings. The highest BCUT2D eigenvalue weighted by Gasteiger charge is 2.44. The minimum Gasteiger partial charge on any atom is -0.377 e. The molecule has 0 heterocycles. The summed E-state index contributed by atoms with van der Waals surface area (Å²) in [6, 6.07) is 5.47. The molecule has 4 heteroatoms. The summed E-state index contributed by atoms with van der Waals surface area (Å²) in [5.41, 5.74) is 0.638. The Morgan fingerprint density at radius 1 is 1.45 bits per heavy atom. The van der Waals surface area contributed by atoms with Crippen molar-refractivity contribution < 1.29 is 9.13 Å². The first kappa shape index (κ1) is 15.9. The van der Waals surface area contributed by atoms with Crippen LogP contribution in [0.2, 0.25) is 0 Å². The minimum absolute atomic E-state index is 0.116. The molecule has 112 valence electrons. The Hall–Kier alpha value is -0.450. The largest absolute Gasteiger partial charge is 0.377 e. The van der Waals surface area contributed by atoms with E-state index in [1.165, 1.54) is 12.5 Å². The molecule has 0 aromatic heterocycles. The highest BCUT2D eigenvalue weighted by Crippen LogP contribution is 2.39. The van der Waals surface area contributed by atoms with Gasteiger partial charge in [0.2, 0.25) is 0 Å². The van der Waals surface area contributed by atoms with E-state index < -0.39 is 0 Å². The average Bonchev–Trinajstić information content (AvgIpc) is 2.37. The summed E-state index contributed by atoms with van der Waals surface area (Å²) in [5, 5.41) is 3.55. The van der Waals surface area contributed by atoms with Crippen LogP contribution in [0.1, 0.15) is 38.2 Å². The van der Waals surface area contributed by atoms with E-state index in [1.807, 2.05) is 12.1 Å². The number of methoxy groups -OCH3 is 1. The summed E-state index contributed by atoms with van der Waals surface area (Å²) >= 11 is 3.30. The Morgan fingerprint density at radius 2 is 2.20 bits per heavy atom. The second kappa shape index (κ2) is 7.01. The monoisotopic (exact) mass is 343 g/mol. The summed E-state index contributed by atoms with van der Waals surface area (Å²) in [6.45, 7) is 3.08. The van der Waals surface area contributed by atoms with Gasteiger partial charge in [0.05, 0.1) is 5.60 Å². The molecule has 0 radical (unpaired) electrons. The first-order valence-electron chi connectivity index (χ1n) is 7.34. The quantitative estimate of drug-likeness (QED) is 0.805. The average molecular weight is 344 g/mol. The normalized spacial score (nSPS) is 18.6. The fourth-order valence-corrected chi connectivity index (χ4v) is 3.22. The van der Waals surface area contributed by atoms with Crippen LogP contribution in [0.15, 0.2) is 22.7 Å². The lowest BCUT2D eigenvalue weighted by atomic mass is 9.72. The number of rotatable bonds is 7. The van der Waals surface area contributed by atoms with Gasteiger partial charge >= 0.3 is 0 Å². The minimum atomic E-state index is -0.145. The van der Waals surface area contributed by atoms with E-state index in [9.17, 15) is 4.39 Å². The lowest BCUT2D eigenvalue weighted by Crippen LogP contribution is -2.57. The van der Waals surface area contributed by atoms with Gasteiger partial charge in [0, 0.05) is 17.6 Å². The zero-order chi connectivity index (χ0) is 14.6. The van der Waals surface area contributed by atoms with Crippen molar-refractivity contribution in [3.8, 4) is 0 Å². The van der Waals surface area contributed by atoms with Crippen LogP contribution in [0.5, 0.6) is 0 Å². The molecule has 2 rings (SSSR count). The predicted molar refractivity (Wildman–Crippen MR) is 83.5 cm³/mol. The molecule has 1 unspecified atom stereocenters. The number of hydrogen-bond acceptors (Lipinski definition) is 2. The second-order valence-corrected chi connectivity index (χ2v) is 6.48. The molecule has 1 aromatic rings. The van der Waals surface area contributed by atoms with Crippen LogP contribution in [0.4, 0.5) is 4.39 Å². The molecule has 1 fully saturated rings. The van der Waals surface area contributed by atoms with Gasteiger partial charge in [-0.15, -0.1) is 0 Å². The fraction of sp³-hybridized carbons (Fsp3) is 0.625. The van der Waals surface area contributed by atoms with Gasteiger partial charge < -0.3 is 10.1 Å². The van der Waals surface area contributed by atoms with Gasteiger partial charge in [0.15, 0.2) is 0 Å². The van der Waals surface area contributed by atoms with Crippen LogP contribution < -0.4 is 5.32 Å². The Labute approximate surface area is 129 Å². The van der Waals surface area contributed by atoms with Gasteiger partial charge in [-0.3, -0.25) is 0 Å². The highest BCUT2D eigenvalue weighted by atomic mass is 79.9. The number of hydrogen-bond donors (Lipinski definition) is 1. The Balaban J connectivity index is 2.14. The molecule has 1 aromatic carbocycles. The number of halogens is 2. The summed E-state index contributed by atoms with van der Waals surface area (Å²) in [5.74, 6) is -0.145. The standard InChI is InChI=1S/C16H23BrFNO/c1-3-9-19-15(16(20-2)7-4-8-16)10-12-5-6-13(17)11-14(12)18/h5-6,11,15,19H,3-4,7-10H2,1-2H3. The third-order valence-corrected chi connectivity index (χ3v) is 4.81. The van der Waals surface area contributed by atoms with Crippen LogP contribution in [-0.4, -0.2) is 25.3 Å². The SMILES string of the molecule is CCCNC(Cc1ccc(Br)cc1F)C1(OC)CCC1. The van der Waals surface area contributed by atoms with E-state index in [1.54, 1.807) is 7.11 Å². The summed E-state index contributed by atoms with van der Waals surface area (Å²) in [7, 11) is 1.78. The van der Waals surface area contributed by atoms with Crippen LogP contribution in [0.25, 0.3) is 0 Å². The maximum absolute atomic E-state index is 14.0. The van der Waals surface area contributed by atoms with Crippen molar-refractivity contribution in [2.24, 2.45) is 0 Å². The number of nitrogens with one attached hydrogen (secondary N) is 1. The van der Waals surface area contributed by atoms with Crippen molar-refractivity contribution in [2.75, 3.05) is 13.7 Å². The summed E-state index contributed by atoms with van der Waals surface area (Å²) in [4.78, 5) is 0. The lowest BCUT2D eigenvalue weighted by Gasteiger charge is -2.47. The first-order chi connectivity index (χ1) is 9.61. The highest BCUT2D eigenvalue weighted by molar-refractivity contribution is 9.10. The Morgan fingerprint density at radius 3 is 2.70 bits per heavy atom. The Kier molecular flexibility index (Phi) is 5.58. The van der Waals surface area contributed by atoms with Crippen molar-refractivity contribution >= 4 is 15.9 Å². The molecule has 0 saturated heterocycles. The molecule has 1 aliphatic carbocycles. The molecule has 0 bridgehead atoms. The van der Waals surface area contributed by atoms with Crippen LogP contribution in [-0.2, 0) is 11.2 Å². The van der Waals surface area contributed by atoms with Crippen molar-refractivity contribution in [3.63, 3.8) is 0 Å². The Bertz CT molecular complexity index is 443. The molecule has 1 N–H and O–H groups in total. The van der Waals surface area contributed by atoms with E-state index in [4.69, 9.17) is 4.74 Å². The number of benzene rings is 1. The van der Waals surface area contributed by atoms with Crippen LogP contribution in [0, 0.1) is 5.82 Å². The summed E-state index contributed by atoms with van der Waals surface area (Å²) < 4.78 is 20.6. The smallest absolute Gasteiger partial charge is 0.127 e. The molecule has 0 amide bonds. The molecule has 1 atom stereocenters.